The van der Waals surface area contributed by atoms with Gasteiger partial charge in [-0.2, -0.15) is 0 Å². The van der Waals surface area contributed by atoms with Crippen LogP contribution in [0.4, 0.5) is 0 Å². The molecule has 5 nitrogen and oxygen atoms in total. The summed E-state index contributed by atoms with van der Waals surface area (Å²) in [6.45, 7) is 1.68. The first kappa shape index (κ1) is 17.5. The van der Waals surface area contributed by atoms with E-state index >= 15 is 0 Å². The van der Waals surface area contributed by atoms with Gasteiger partial charge in [0.25, 0.3) is 5.91 Å². The van der Waals surface area contributed by atoms with Crippen LogP contribution in [-0.4, -0.2) is 33.5 Å². The normalized spacial score (nSPS) is 16.4. The third kappa shape index (κ3) is 4.09. The minimum absolute atomic E-state index is 0.0463. The van der Waals surface area contributed by atoms with Crippen molar-refractivity contribution in [1.29, 1.82) is 0 Å². The molecular formula is C22H23N3O2. The Morgan fingerprint density at radius 2 is 1.93 bits per heavy atom. The molecule has 0 unspecified atom stereocenters. The molecule has 27 heavy (non-hydrogen) atoms. The summed E-state index contributed by atoms with van der Waals surface area (Å²) in [7, 11) is 0. The summed E-state index contributed by atoms with van der Waals surface area (Å²) in [6.07, 6.45) is 4.80. The Labute approximate surface area is 159 Å². The van der Waals surface area contributed by atoms with Crippen LogP contribution in [0.3, 0.4) is 0 Å². The zero-order valence-electron chi connectivity index (χ0n) is 15.2. The minimum atomic E-state index is -0.336. The summed E-state index contributed by atoms with van der Waals surface area (Å²) in [6, 6.07) is 18.5. The maximum Gasteiger partial charge on any atom is 0.252 e. The number of hydrogen-bond donors (Lipinski definition) is 1. The number of hydrogen-bond acceptors (Lipinski definition) is 3. The lowest BCUT2D eigenvalue weighted by Gasteiger charge is -2.26. The van der Waals surface area contributed by atoms with Gasteiger partial charge in [0.05, 0.1) is 18.6 Å². The number of aromatic nitrogens is 2. The Hall–Kier alpha value is -2.92. The average molecular weight is 361 g/mol. The number of imidazole rings is 1. The molecule has 0 saturated carbocycles. The summed E-state index contributed by atoms with van der Waals surface area (Å²) in [5.41, 5.74) is 4.33. The second kappa shape index (κ2) is 8.18. The van der Waals surface area contributed by atoms with Crippen LogP contribution in [-0.2, 0) is 22.6 Å². The second-order valence-electron chi connectivity index (χ2n) is 6.80. The number of rotatable bonds is 6. The highest BCUT2D eigenvalue weighted by atomic mass is 16.5. The van der Waals surface area contributed by atoms with Gasteiger partial charge in [-0.05, 0) is 29.5 Å². The van der Waals surface area contributed by atoms with Crippen molar-refractivity contribution in [2.45, 2.75) is 32.0 Å². The number of ether oxygens (including phenoxy) is 1. The summed E-state index contributed by atoms with van der Waals surface area (Å²) < 4.78 is 5.65. The first-order valence-electron chi connectivity index (χ1n) is 9.32. The summed E-state index contributed by atoms with van der Waals surface area (Å²) in [5.74, 6) is 0.0463. The van der Waals surface area contributed by atoms with Crippen molar-refractivity contribution in [3.8, 4) is 11.1 Å². The summed E-state index contributed by atoms with van der Waals surface area (Å²) in [4.78, 5) is 22.1. The van der Waals surface area contributed by atoms with Gasteiger partial charge in [0, 0.05) is 19.3 Å². The summed E-state index contributed by atoms with van der Waals surface area (Å²) >= 11 is 0. The lowest BCUT2D eigenvalue weighted by Crippen LogP contribution is -2.38. The molecule has 0 spiro atoms. The fourth-order valence-electron chi connectivity index (χ4n) is 3.53. The maximum absolute atomic E-state index is 13.1. The van der Waals surface area contributed by atoms with Crippen LogP contribution in [0, 0.1) is 0 Å². The number of carbonyl (C=O) groups excluding carboxylic acids is 1. The van der Waals surface area contributed by atoms with Crippen LogP contribution in [0.1, 0.15) is 24.1 Å². The number of amides is 1. The molecule has 0 radical (unpaired) electrons. The maximum atomic E-state index is 13.1. The predicted molar refractivity (Wildman–Crippen MR) is 104 cm³/mol. The molecule has 5 heteroatoms. The number of carbonyl (C=O) groups is 1. The van der Waals surface area contributed by atoms with Crippen molar-refractivity contribution < 1.29 is 9.53 Å². The Morgan fingerprint density at radius 3 is 2.67 bits per heavy atom. The highest BCUT2D eigenvalue weighted by Gasteiger charge is 2.29. The minimum Gasteiger partial charge on any atom is -0.368 e. The van der Waals surface area contributed by atoms with Crippen LogP contribution in [0.15, 0.2) is 67.1 Å². The van der Waals surface area contributed by atoms with E-state index in [-0.39, 0.29) is 12.0 Å². The van der Waals surface area contributed by atoms with E-state index in [0.717, 1.165) is 35.2 Å². The van der Waals surface area contributed by atoms with Crippen LogP contribution < -0.4 is 0 Å². The standard InChI is InChI=1S/C22H23N3O2/c26-22(21-11-6-12-27-21)25(15-19-13-23-16-24-19)14-18-9-4-5-10-20(18)17-7-2-1-3-8-17/h1-5,7-10,13,16,21H,6,11-12,14-15H2,(H,23,24)/t21-/m1/s1. The van der Waals surface area contributed by atoms with Gasteiger partial charge in [0.2, 0.25) is 0 Å². The molecule has 1 atom stereocenters. The first-order chi connectivity index (χ1) is 13.3. The van der Waals surface area contributed by atoms with Crippen LogP contribution in [0.2, 0.25) is 0 Å². The Morgan fingerprint density at radius 1 is 1.11 bits per heavy atom. The molecule has 138 valence electrons. The van der Waals surface area contributed by atoms with Crippen molar-refractivity contribution in [3.63, 3.8) is 0 Å². The molecule has 3 aromatic rings. The highest BCUT2D eigenvalue weighted by molar-refractivity contribution is 5.81. The Balaban J connectivity index is 1.62. The van der Waals surface area contributed by atoms with Gasteiger partial charge in [0.1, 0.15) is 6.10 Å². The van der Waals surface area contributed by atoms with Crippen molar-refractivity contribution >= 4 is 5.91 Å². The molecule has 2 heterocycles. The SMILES string of the molecule is O=C([C@H]1CCCO1)N(Cc1cnc[nH]1)Cc1ccccc1-c1ccccc1. The number of nitrogens with one attached hydrogen (secondary N) is 1. The molecule has 1 fully saturated rings. The summed E-state index contributed by atoms with van der Waals surface area (Å²) in [5, 5.41) is 0. The van der Waals surface area contributed by atoms with Crippen molar-refractivity contribution in [3.05, 3.63) is 78.4 Å². The number of aromatic amines is 1. The Kier molecular flexibility index (Phi) is 5.30. The van der Waals surface area contributed by atoms with E-state index < -0.39 is 0 Å². The second-order valence-corrected chi connectivity index (χ2v) is 6.80. The Bertz CT molecular complexity index is 872. The molecule has 1 N–H and O–H groups in total. The number of benzene rings is 2. The van der Waals surface area contributed by atoms with Gasteiger partial charge in [0.15, 0.2) is 0 Å². The molecule has 1 aliphatic rings. The first-order valence-corrected chi connectivity index (χ1v) is 9.32. The van der Waals surface area contributed by atoms with Crippen LogP contribution in [0.5, 0.6) is 0 Å². The smallest absolute Gasteiger partial charge is 0.252 e. The van der Waals surface area contributed by atoms with Gasteiger partial charge in [-0.25, -0.2) is 4.98 Å². The monoisotopic (exact) mass is 361 g/mol. The molecule has 2 aromatic carbocycles. The lowest BCUT2D eigenvalue weighted by molar-refractivity contribution is -0.142. The quantitative estimate of drug-likeness (QED) is 0.727. The van der Waals surface area contributed by atoms with Crippen LogP contribution >= 0.6 is 0 Å². The van der Waals surface area contributed by atoms with Gasteiger partial charge in [-0.15, -0.1) is 0 Å². The predicted octanol–water partition coefficient (Wildman–Crippen LogP) is 3.78. The average Bonchev–Trinajstić information content (AvgIpc) is 3.42. The van der Waals surface area contributed by atoms with E-state index in [1.807, 2.05) is 35.2 Å². The van der Waals surface area contributed by atoms with Crippen molar-refractivity contribution in [1.82, 2.24) is 14.9 Å². The molecule has 1 aromatic heterocycles. The molecule has 1 saturated heterocycles. The van der Waals surface area contributed by atoms with Gasteiger partial charge in [-0.3, -0.25) is 4.79 Å². The highest BCUT2D eigenvalue weighted by Crippen LogP contribution is 2.26. The molecule has 4 rings (SSSR count). The molecule has 1 aliphatic heterocycles. The van der Waals surface area contributed by atoms with Gasteiger partial charge >= 0.3 is 0 Å². The lowest BCUT2D eigenvalue weighted by atomic mass is 9.99. The van der Waals surface area contributed by atoms with E-state index in [1.54, 1.807) is 12.5 Å². The largest absolute Gasteiger partial charge is 0.368 e. The fourth-order valence-corrected chi connectivity index (χ4v) is 3.53. The van der Waals surface area contributed by atoms with Crippen molar-refractivity contribution in [2.75, 3.05) is 6.61 Å². The fraction of sp³-hybridized carbons (Fsp3) is 0.273. The van der Waals surface area contributed by atoms with Crippen LogP contribution in [0.25, 0.3) is 11.1 Å². The van der Waals surface area contributed by atoms with Gasteiger partial charge in [-0.1, -0.05) is 54.6 Å². The van der Waals surface area contributed by atoms with E-state index in [4.69, 9.17) is 4.74 Å². The zero-order chi connectivity index (χ0) is 18.5. The number of H-pyrrole nitrogens is 1. The molecule has 0 aliphatic carbocycles. The van der Waals surface area contributed by atoms with E-state index in [2.05, 4.69) is 34.2 Å². The van der Waals surface area contributed by atoms with E-state index in [1.165, 1.54) is 0 Å². The third-order valence-corrected chi connectivity index (χ3v) is 4.90. The van der Waals surface area contributed by atoms with E-state index in [0.29, 0.717) is 19.7 Å². The molecule has 0 bridgehead atoms. The number of nitrogens with zero attached hydrogens (tertiary/aromatic N) is 2. The van der Waals surface area contributed by atoms with E-state index in [9.17, 15) is 4.79 Å². The zero-order valence-corrected chi connectivity index (χ0v) is 15.2. The molecule has 1 amide bonds. The van der Waals surface area contributed by atoms with Crippen molar-refractivity contribution in [2.24, 2.45) is 0 Å². The topological polar surface area (TPSA) is 58.2 Å². The molecular weight excluding hydrogens is 338 g/mol. The van der Waals surface area contributed by atoms with Gasteiger partial charge < -0.3 is 14.6 Å². The third-order valence-electron chi connectivity index (χ3n) is 4.90.